The zero-order chi connectivity index (χ0) is 10.8. The average Bonchev–Trinajstić information content (AvgIpc) is 2.26. The van der Waals surface area contributed by atoms with Crippen molar-refractivity contribution >= 4 is 0 Å². The second-order valence-corrected chi connectivity index (χ2v) is 3.97. The highest BCUT2D eigenvalue weighted by Crippen LogP contribution is 2.27. The summed E-state index contributed by atoms with van der Waals surface area (Å²) in [6.45, 7) is 6.16. The van der Waals surface area contributed by atoms with Crippen molar-refractivity contribution in [3.8, 4) is 0 Å². The Morgan fingerprint density at radius 2 is 2.20 bits per heavy atom. The number of rotatable bonds is 1. The quantitative estimate of drug-likeness (QED) is 0.764. The van der Waals surface area contributed by atoms with E-state index in [1.54, 1.807) is 0 Å². The van der Waals surface area contributed by atoms with Crippen LogP contribution in [-0.4, -0.2) is 19.7 Å². The minimum atomic E-state index is -0.148. The van der Waals surface area contributed by atoms with Crippen LogP contribution in [0, 0.1) is 19.7 Å². The van der Waals surface area contributed by atoms with Gasteiger partial charge in [-0.2, -0.15) is 0 Å². The third-order valence-corrected chi connectivity index (χ3v) is 2.92. The lowest BCUT2D eigenvalue weighted by Crippen LogP contribution is -2.34. The van der Waals surface area contributed by atoms with Gasteiger partial charge in [0.05, 0.1) is 12.7 Å². The van der Waals surface area contributed by atoms with Crippen LogP contribution in [0.15, 0.2) is 12.1 Å². The van der Waals surface area contributed by atoms with E-state index in [0.29, 0.717) is 12.2 Å². The lowest BCUT2D eigenvalue weighted by molar-refractivity contribution is 0.0267. The summed E-state index contributed by atoms with van der Waals surface area (Å²) in [4.78, 5) is 0. The molecule has 0 aromatic heterocycles. The van der Waals surface area contributed by atoms with Crippen molar-refractivity contribution in [3.63, 3.8) is 0 Å². The zero-order valence-corrected chi connectivity index (χ0v) is 9.14. The van der Waals surface area contributed by atoms with E-state index in [1.165, 1.54) is 6.07 Å². The first-order chi connectivity index (χ1) is 7.20. The van der Waals surface area contributed by atoms with Crippen molar-refractivity contribution < 1.29 is 9.13 Å². The SMILES string of the molecule is Cc1ccc(F)c(C)c1C1CNCCO1. The maximum Gasteiger partial charge on any atom is 0.126 e. The molecular formula is C12H16FNO. The van der Waals surface area contributed by atoms with Gasteiger partial charge in [-0.25, -0.2) is 4.39 Å². The third-order valence-electron chi connectivity index (χ3n) is 2.92. The van der Waals surface area contributed by atoms with E-state index in [2.05, 4.69) is 5.32 Å². The number of ether oxygens (including phenoxy) is 1. The maximum absolute atomic E-state index is 13.4. The molecule has 0 spiro atoms. The second-order valence-electron chi connectivity index (χ2n) is 3.97. The molecule has 1 saturated heterocycles. The largest absolute Gasteiger partial charge is 0.371 e. The predicted octanol–water partition coefficient (Wildman–Crippen LogP) is 2.10. The molecule has 1 aliphatic rings. The van der Waals surface area contributed by atoms with Gasteiger partial charge in [0.25, 0.3) is 0 Å². The Bertz CT molecular complexity index is 359. The molecule has 1 unspecified atom stereocenters. The molecule has 1 heterocycles. The zero-order valence-electron chi connectivity index (χ0n) is 9.14. The van der Waals surface area contributed by atoms with Crippen LogP contribution in [0.3, 0.4) is 0 Å². The first-order valence-corrected chi connectivity index (χ1v) is 5.28. The summed E-state index contributed by atoms with van der Waals surface area (Å²) in [5, 5.41) is 3.26. The highest BCUT2D eigenvalue weighted by molar-refractivity contribution is 5.36. The molecular weight excluding hydrogens is 193 g/mol. The summed E-state index contributed by atoms with van der Waals surface area (Å²) in [6.07, 6.45) is -0.00514. The Kier molecular flexibility index (Phi) is 3.03. The normalized spacial score (nSPS) is 21.7. The summed E-state index contributed by atoms with van der Waals surface area (Å²) in [5.41, 5.74) is 2.81. The van der Waals surface area contributed by atoms with Crippen LogP contribution >= 0.6 is 0 Å². The summed E-state index contributed by atoms with van der Waals surface area (Å²) < 4.78 is 19.1. The van der Waals surface area contributed by atoms with Gasteiger partial charge in [-0.15, -0.1) is 0 Å². The highest BCUT2D eigenvalue weighted by Gasteiger charge is 2.20. The van der Waals surface area contributed by atoms with Crippen LogP contribution in [0.4, 0.5) is 4.39 Å². The van der Waals surface area contributed by atoms with E-state index in [-0.39, 0.29) is 11.9 Å². The Morgan fingerprint density at radius 1 is 1.40 bits per heavy atom. The van der Waals surface area contributed by atoms with Crippen LogP contribution in [0.5, 0.6) is 0 Å². The third kappa shape index (κ3) is 2.03. The molecule has 82 valence electrons. The number of morpholine rings is 1. The summed E-state index contributed by atoms with van der Waals surface area (Å²) >= 11 is 0. The van der Waals surface area contributed by atoms with Crippen LogP contribution in [0.2, 0.25) is 0 Å². The molecule has 1 fully saturated rings. The van der Waals surface area contributed by atoms with Gasteiger partial charge in [0.1, 0.15) is 5.82 Å². The maximum atomic E-state index is 13.4. The van der Waals surface area contributed by atoms with E-state index in [0.717, 1.165) is 24.2 Å². The summed E-state index contributed by atoms with van der Waals surface area (Å²) in [6, 6.07) is 3.33. The summed E-state index contributed by atoms with van der Waals surface area (Å²) in [5.74, 6) is -0.148. The second kappa shape index (κ2) is 4.29. The number of aryl methyl sites for hydroxylation is 1. The van der Waals surface area contributed by atoms with E-state index < -0.39 is 0 Å². The summed E-state index contributed by atoms with van der Waals surface area (Å²) in [7, 11) is 0. The fourth-order valence-corrected chi connectivity index (χ4v) is 2.08. The van der Waals surface area contributed by atoms with Crippen molar-refractivity contribution in [3.05, 3.63) is 34.6 Å². The van der Waals surface area contributed by atoms with Gasteiger partial charge < -0.3 is 10.1 Å². The topological polar surface area (TPSA) is 21.3 Å². The van der Waals surface area contributed by atoms with Crippen LogP contribution in [0.1, 0.15) is 22.8 Å². The number of halogens is 1. The molecule has 1 atom stereocenters. The molecule has 1 N–H and O–H groups in total. The number of hydrogen-bond acceptors (Lipinski definition) is 2. The van der Waals surface area contributed by atoms with Gasteiger partial charge in [-0.3, -0.25) is 0 Å². The van der Waals surface area contributed by atoms with Crippen molar-refractivity contribution in [2.24, 2.45) is 0 Å². The molecule has 15 heavy (non-hydrogen) atoms. The number of hydrogen-bond donors (Lipinski definition) is 1. The molecule has 3 heteroatoms. The molecule has 1 aliphatic heterocycles. The molecule has 1 aromatic rings. The van der Waals surface area contributed by atoms with E-state index in [9.17, 15) is 4.39 Å². The molecule has 2 nitrogen and oxygen atoms in total. The Balaban J connectivity index is 2.36. The van der Waals surface area contributed by atoms with Crippen LogP contribution in [0.25, 0.3) is 0 Å². The minimum Gasteiger partial charge on any atom is -0.371 e. The average molecular weight is 209 g/mol. The fraction of sp³-hybridized carbons (Fsp3) is 0.500. The van der Waals surface area contributed by atoms with Crippen molar-refractivity contribution in [2.75, 3.05) is 19.7 Å². The number of nitrogens with one attached hydrogen (secondary N) is 1. The highest BCUT2D eigenvalue weighted by atomic mass is 19.1. The van der Waals surface area contributed by atoms with Gasteiger partial charge in [-0.05, 0) is 36.6 Å². The first kappa shape index (κ1) is 10.6. The minimum absolute atomic E-state index is 0.00514. The van der Waals surface area contributed by atoms with Gasteiger partial charge in [0.2, 0.25) is 0 Å². The van der Waals surface area contributed by atoms with Gasteiger partial charge >= 0.3 is 0 Å². The van der Waals surface area contributed by atoms with E-state index in [4.69, 9.17) is 4.74 Å². The Hall–Kier alpha value is -0.930. The molecule has 0 aliphatic carbocycles. The predicted molar refractivity (Wildman–Crippen MR) is 57.4 cm³/mol. The van der Waals surface area contributed by atoms with Crippen molar-refractivity contribution in [1.82, 2.24) is 5.32 Å². The van der Waals surface area contributed by atoms with Crippen LogP contribution in [-0.2, 0) is 4.74 Å². The lowest BCUT2D eigenvalue weighted by atomic mass is 9.97. The molecule has 0 amide bonds. The molecule has 0 saturated carbocycles. The standard InChI is InChI=1S/C12H16FNO/c1-8-3-4-10(13)9(2)12(8)11-7-14-5-6-15-11/h3-4,11,14H,5-7H2,1-2H3. The Morgan fingerprint density at radius 3 is 2.87 bits per heavy atom. The first-order valence-electron chi connectivity index (χ1n) is 5.28. The fourth-order valence-electron chi connectivity index (χ4n) is 2.08. The Labute approximate surface area is 89.4 Å². The monoisotopic (exact) mass is 209 g/mol. The van der Waals surface area contributed by atoms with Gasteiger partial charge in [0, 0.05) is 13.1 Å². The number of benzene rings is 1. The molecule has 0 radical (unpaired) electrons. The van der Waals surface area contributed by atoms with E-state index >= 15 is 0 Å². The molecule has 0 bridgehead atoms. The van der Waals surface area contributed by atoms with Crippen molar-refractivity contribution in [1.29, 1.82) is 0 Å². The van der Waals surface area contributed by atoms with Crippen LogP contribution < -0.4 is 5.32 Å². The smallest absolute Gasteiger partial charge is 0.126 e. The van der Waals surface area contributed by atoms with Gasteiger partial charge in [0.15, 0.2) is 0 Å². The van der Waals surface area contributed by atoms with Gasteiger partial charge in [-0.1, -0.05) is 6.07 Å². The lowest BCUT2D eigenvalue weighted by Gasteiger charge is -2.26. The molecule has 2 rings (SSSR count). The van der Waals surface area contributed by atoms with Crippen molar-refractivity contribution in [2.45, 2.75) is 20.0 Å². The molecule has 1 aromatic carbocycles. The van der Waals surface area contributed by atoms with E-state index in [1.807, 2.05) is 19.9 Å².